The van der Waals surface area contributed by atoms with E-state index in [4.69, 9.17) is 9.15 Å². The molecule has 2 atom stereocenters. The molecule has 0 aliphatic rings. The van der Waals surface area contributed by atoms with Crippen LogP contribution in [0.3, 0.4) is 0 Å². The highest BCUT2D eigenvalue weighted by Crippen LogP contribution is 2.29. The van der Waals surface area contributed by atoms with Crippen LogP contribution < -0.4 is 10.1 Å². The number of aromatic nitrogens is 2. The molecule has 0 spiro atoms. The smallest absolute Gasteiger partial charge is 0.257 e. The quantitative estimate of drug-likeness (QED) is 0.623. The lowest BCUT2D eigenvalue weighted by atomic mass is 10.1. The van der Waals surface area contributed by atoms with Crippen molar-refractivity contribution in [1.29, 1.82) is 0 Å². The van der Waals surface area contributed by atoms with E-state index in [0.29, 0.717) is 11.8 Å². The predicted molar refractivity (Wildman–Crippen MR) is 98.3 cm³/mol. The number of thiophene rings is 1. The first-order valence-electron chi connectivity index (χ1n) is 7.55. The van der Waals surface area contributed by atoms with Gasteiger partial charge in [-0.3, -0.25) is 5.32 Å². The minimum Gasteiger partial charge on any atom is -0.496 e. The minimum absolute atomic E-state index is 0.0536. The second kappa shape index (κ2) is 7.46. The standard InChI is InChI=1S/C17H18BrN3O2S/c1-10(12-6-7-14(22-3)13(18)9-12)19-11(2)16-20-21-17(23-16)15-5-4-8-24-15/h4-11,19H,1-3H3/t10-,11-/m1/s1. The molecule has 0 fully saturated rings. The molecule has 0 saturated heterocycles. The molecule has 1 aromatic carbocycles. The van der Waals surface area contributed by atoms with Crippen molar-refractivity contribution in [3.05, 3.63) is 51.6 Å². The summed E-state index contributed by atoms with van der Waals surface area (Å²) in [5.74, 6) is 1.96. The Bertz CT molecular complexity index is 804. The lowest BCUT2D eigenvalue weighted by Crippen LogP contribution is -2.22. The normalized spacial score (nSPS) is 13.7. The third-order valence-electron chi connectivity index (χ3n) is 3.72. The van der Waals surface area contributed by atoms with Crippen LogP contribution in [0.1, 0.15) is 37.4 Å². The summed E-state index contributed by atoms with van der Waals surface area (Å²) in [6, 6.07) is 10.0. The first-order chi connectivity index (χ1) is 11.6. The molecular weight excluding hydrogens is 390 g/mol. The molecule has 24 heavy (non-hydrogen) atoms. The van der Waals surface area contributed by atoms with E-state index in [-0.39, 0.29) is 12.1 Å². The number of ether oxygens (including phenoxy) is 1. The van der Waals surface area contributed by atoms with Crippen molar-refractivity contribution >= 4 is 27.3 Å². The molecule has 7 heteroatoms. The molecule has 0 aliphatic heterocycles. The van der Waals surface area contributed by atoms with Gasteiger partial charge in [0.25, 0.3) is 5.89 Å². The van der Waals surface area contributed by atoms with Crippen LogP contribution in [0.4, 0.5) is 0 Å². The highest BCUT2D eigenvalue weighted by atomic mass is 79.9. The van der Waals surface area contributed by atoms with Gasteiger partial charge in [0.05, 0.1) is 22.5 Å². The molecule has 1 N–H and O–H groups in total. The Kier molecular flexibility index (Phi) is 5.33. The average Bonchev–Trinajstić information content (AvgIpc) is 3.25. The van der Waals surface area contributed by atoms with Gasteiger partial charge in [-0.15, -0.1) is 21.5 Å². The van der Waals surface area contributed by atoms with Crippen LogP contribution in [-0.2, 0) is 0 Å². The Labute approximate surface area is 153 Å². The Morgan fingerprint density at radius 3 is 2.71 bits per heavy atom. The highest BCUT2D eigenvalue weighted by Gasteiger charge is 2.18. The van der Waals surface area contributed by atoms with E-state index in [1.807, 2.05) is 42.6 Å². The fourth-order valence-corrected chi connectivity index (χ4v) is 3.61. The van der Waals surface area contributed by atoms with Gasteiger partial charge in [-0.1, -0.05) is 12.1 Å². The molecule has 2 heterocycles. The molecule has 0 saturated carbocycles. The van der Waals surface area contributed by atoms with Crippen molar-refractivity contribution in [2.45, 2.75) is 25.9 Å². The van der Waals surface area contributed by atoms with Crippen molar-refractivity contribution in [1.82, 2.24) is 15.5 Å². The minimum atomic E-state index is -0.0536. The van der Waals surface area contributed by atoms with Gasteiger partial charge in [0.2, 0.25) is 5.89 Å². The van der Waals surface area contributed by atoms with Crippen LogP contribution in [0, 0.1) is 0 Å². The predicted octanol–water partition coefficient (Wildman–Crippen LogP) is 4.98. The van der Waals surface area contributed by atoms with E-state index < -0.39 is 0 Å². The van der Waals surface area contributed by atoms with Gasteiger partial charge in [-0.2, -0.15) is 0 Å². The lowest BCUT2D eigenvalue weighted by molar-refractivity contribution is 0.393. The van der Waals surface area contributed by atoms with Crippen molar-refractivity contribution in [3.8, 4) is 16.5 Å². The van der Waals surface area contributed by atoms with Gasteiger partial charge in [0, 0.05) is 6.04 Å². The Hall–Kier alpha value is -1.70. The van der Waals surface area contributed by atoms with Crippen LogP contribution >= 0.6 is 27.3 Å². The molecule has 0 bridgehead atoms. The molecule has 0 aliphatic carbocycles. The number of methoxy groups -OCH3 is 1. The number of halogens is 1. The molecule has 0 radical (unpaired) electrons. The molecule has 0 unspecified atom stereocenters. The van der Waals surface area contributed by atoms with E-state index in [2.05, 4.69) is 38.4 Å². The second-order valence-corrected chi connectivity index (χ2v) is 7.23. The first kappa shape index (κ1) is 17.1. The summed E-state index contributed by atoms with van der Waals surface area (Å²) < 4.78 is 12.0. The summed E-state index contributed by atoms with van der Waals surface area (Å²) in [5.41, 5.74) is 1.15. The van der Waals surface area contributed by atoms with Crippen LogP contribution in [0.2, 0.25) is 0 Å². The van der Waals surface area contributed by atoms with Crippen molar-refractivity contribution in [3.63, 3.8) is 0 Å². The molecule has 5 nitrogen and oxygen atoms in total. The number of hydrogen-bond donors (Lipinski definition) is 1. The molecular formula is C17H18BrN3O2S. The maximum absolute atomic E-state index is 5.78. The van der Waals surface area contributed by atoms with E-state index in [1.165, 1.54) is 0 Å². The zero-order chi connectivity index (χ0) is 17.1. The maximum atomic E-state index is 5.78. The number of nitrogens with zero attached hydrogens (tertiary/aromatic N) is 2. The Morgan fingerprint density at radius 2 is 2.04 bits per heavy atom. The zero-order valence-corrected chi connectivity index (χ0v) is 16.0. The Balaban J connectivity index is 1.70. The van der Waals surface area contributed by atoms with Crippen LogP contribution in [-0.4, -0.2) is 17.3 Å². The summed E-state index contributed by atoms with van der Waals surface area (Å²) in [5, 5.41) is 13.8. The van der Waals surface area contributed by atoms with Crippen molar-refractivity contribution < 1.29 is 9.15 Å². The largest absolute Gasteiger partial charge is 0.496 e. The maximum Gasteiger partial charge on any atom is 0.257 e. The molecule has 126 valence electrons. The topological polar surface area (TPSA) is 60.2 Å². The van der Waals surface area contributed by atoms with Gasteiger partial charge < -0.3 is 9.15 Å². The van der Waals surface area contributed by atoms with Gasteiger partial charge in [-0.05, 0) is 58.9 Å². The number of rotatable bonds is 6. The third kappa shape index (κ3) is 3.68. The molecule has 2 aromatic heterocycles. The highest BCUT2D eigenvalue weighted by molar-refractivity contribution is 9.10. The van der Waals surface area contributed by atoms with Gasteiger partial charge >= 0.3 is 0 Å². The molecule has 0 amide bonds. The summed E-state index contributed by atoms with van der Waals surface area (Å²) in [6.45, 7) is 4.11. The second-order valence-electron chi connectivity index (χ2n) is 5.43. The van der Waals surface area contributed by atoms with Crippen LogP contribution in [0.5, 0.6) is 5.75 Å². The van der Waals surface area contributed by atoms with E-state index in [1.54, 1.807) is 18.4 Å². The summed E-state index contributed by atoms with van der Waals surface area (Å²) in [6.07, 6.45) is 0. The molecule has 3 rings (SSSR count). The average molecular weight is 408 g/mol. The summed E-state index contributed by atoms with van der Waals surface area (Å²) in [4.78, 5) is 0.980. The lowest BCUT2D eigenvalue weighted by Gasteiger charge is -2.18. The van der Waals surface area contributed by atoms with E-state index >= 15 is 0 Å². The van der Waals surface area contributed by atoms with E-state index in [0.717, 1.165) is 20.7 Å². The fourth-order valence-electron chi connectivity index (χ4n) is 2.40. The van der Waals surface area contributed by atoms with Gasteiger partial charge in [-0.25, -0.2) is 0 Å². The monoisotopic (exact) mass is 407 g/mol. The molecule has 3 aromatic rings. The zero-order valence-electron chi connectivity index (χ0n) is 13.6. The van der Waals surface area contributed by atoms with Crippen LogP contribution in [0.15, 0.2) is 44.6 Å². The Morgan fingerprint density at radius 1 is 1.21 bits per heavy atom. The van der Waals surface area contributed by atoms with Gasteiger partial charge in [0.1, 0.15) is 5.75 Å². The van der Waals surface area contributed by atoms with Crippen molar-refractivity contribution in [2.24, 2.45) is 0 Å². The first-order valence-corrected chi connectivity index (χ1v) is 9.22. The van der Waals surface area contributed by atoms with Crippen molar-refractivity contribution in [2.75, 3.05) is 7.11 Å². The third-order valence-corrected chi connectivity index (χ3v) is 5.20. The summed E-state index contributed by atoms with van der Waals surface area (Å²) in [7, 11) is 1.66. The van der Waals surface area contributed by atoms with Gasteiger partial charge in [0.15, 0.2) is 0 Å². The number of hydrogen-bond acceptors (Lipinski definition) is 6. The van der Waals surface area contributed by atoms with E-state index in [9.17, 15) is 0 Å². The number of nitrogens with one attached hydrogen (secondary N) is 1. The SMILES string of the molecule is COc1ccc([C@@H](C)N[C@H](C)c2nnc(-c3cccs3)o2)cc1Br. The van der Waals surface area contributed by atoms with Crippen LogP contribution in [0.25, 0.3) is 10.8 Å². The fraction of sp³-hybridized carbons (Fsp3) is 0.294. The summed E-state index contributed by atoms with van der Waals surface area (Å²) >= 11 is 5.10. The number of benzene rings is 1.